The topological polar surface area (TPSA) is 113 Å². The first kappa shape index (κ1) is 24.4. The number of anilines is 1. The molecule has 3 N–H and O–H groups in total. The SMILES string of the molecule is CCN(CC)S(=O)(=O)c1ccc(N2CC(C(=O)NCCCN)CC2=O)cc1.Cl. The van der Waals surface area contributed by atoms with Crippen LogP contribution in [0, 0.1) is 5.92 Å². The van der Waals surface area contributed by atoms with E-state index in [0.717, 1.165) is 0 Å². The zero-order valence-electron chi connectivity index (χ0n) is 16.3. The van der Waals surface area contributed by atoms with Crippen molar-refractivity contribution in [2.75, 3.05) is 37.6 Å². The number of carbonyl (C=O) groups is 2. The molecule has 0 spiro atoms. The van der Waals surface area contributed by atoms with Crippen molar-refractivity contribution in [2.45, 2.75) is 31.6 Å². The van der Waals surface area contributed by atoms with E-state index in [1.165, 1.54) is 21.3 Å². The zero-order valence-corrected chi connectivity index (χ0v) is 17.9. The Hall–Kier alpha value is -1.68. The van der Waals surface area contributed by atoms with E-state index in [1.54, 1.807) is 26.0 Å². The van der Waals surface area contributed by atoms with Gasteiger partial charge in [0.15, 0.2) is 0 Å². The molecule has 2 rings (SSSR count). The molecule has 0 saturated carbocycles. The standard InChI is InChI=1S/C18H28N4O4S.ClH/c1-3-21(4-2)27(25,26)16-8-6-15(7-9-16)22-13-14(12-17(22)23)18(24)20-11-5-10-19;/h6-9,14H,3-5,10-13,19H2,1-2H3,(H,20,24);1H. The highest BCUT2D eigenvalue weighted by atomic mass is 35.5. The Balaban J connectivity index is 0.00000392. The molecule has 28 heavy (non-hydrogen) atoms. The van der Waals surface area contributed by atoms with Gasteiger partial charge in [0, 0.05) is 38.3 Å². The minimum atomic E-state index is -3.54. The van der Waals surface area contributed by atoms with Crippen molar-refractivity contribution >= 4 is 39.9 Å². The van der Waals surface area contributed by atoms with Crippen LogP contribution in [0.5, 0.6) is 0 Å². The van der Waals surface area contributed by atoms with Crippen LogP contribution in [0.1, 0.15) is 26.7 Å². The normalized spacial score (nSPS) is 16.9. The van der Waals surface area contributed by atoms with Crippen molar-refractivity contribution in [3.63, 3.8) is 0 Å². The van der Waals surface area contributed by atoms with Gasteiger partial charge in [-0.1, -0.05) is 13.8 Å². The maximum Gasteiger partial charge on any atom is 0.243 e. The van der Waals surface area contributed by atoms with Gasteiger partial charge in [0.05, 0.1) is 10.8 Å². The molecule has 1 atom stereocenters. The number of benzene rings is 1. The van der Waals surface area contributed by atoms with Gasteiger partial charge >= 0.3 is 0 Å². The Morgan fingerprint density at radius 3 is 2.39 bits per heavy atom. The number of hydrogen-bond acceptors (Lipinski definition) is 5. The van der Waals surface area contributed by atoms with Gasteiger partial charge in [-0.15, -0.1) is 12.4 Å². The summed E-state index contributed by atoms with van der Waals surface area (Å²) in [7, 11) is -3.54. The maximum atomic E-state index is 12.5. The van der Waals surface area contributed by atoms with E-state index in [0.29, 0.717) is 38.3 Å². The molecular formula is C18H29ClN4O4S. The molecule has 8 nitrogen and oxygen atoms in total. The summed E-state index contributed by atoms with van der Waals surface area (Å²) in [4.78, 5) is 26.2. The number of nitrogens with one attached hydrogen (secondary N) is 1. The fraction of sp³-hybridized carbons (Fsp3) is 0.556. The average molecular weight is 433 g/mol. The molecule has 10 heteroatoms. The molecule has 0 bridgehead atoms. The first-order chi connectivity index (χ1) is 12.8. The third-order valence-electron chi connectivity index (χ3n) is 4.67. The second-order valence-electron chi connectivity index (χ2n) is 6.42. The van der Waals surface area contributed by atoms with E-state index in [9.17, 15) is 18.0 Å². The Kier molecular flexibility index (Phi) is 9.35. The monoisotopic (exact) mass is 432 g/mol. The molecule has 1 aliphatic heterocycles. The Morgan fingerprint density at radius 1 is 1.25 bits per heavy atom. The Morgan fingerprint density at radius 2 is 1.86 bits per heavy atom. The molecule has 0 aromatic heterocycles. The van der Waals surface area contributed by atoms with Crippen molar-refractivity contribution < 1.29 is 18.0 Å². The maximum absolute atomic E-state index is 12.5. The minimum absolute atomic E-state index is 0. The van der Waals surface area contributed by atoms with Gasteiger partial charge in [0.1, 0.15) is 0 Å². The van der Waals surface area contributed by atoms with Crippen LogP contribution in [0.2, 0.25) is 0 Å². The molecule has 2 amide bonds. The number of nitrogens with zero attached hydrogens (tertiary/aromatic N) is 2. The summed E-state index contributed by atoms with van der Waals surface area (Å²) >= 11 is 0. The lowest BCUT2D eigenvalue weighted by Gasteiger charge is -2.20. The van der Waals surface area contributed by atoms with Crippen molar-refractivity contribution in [1.29, 1.82) is 0 Å². The molecule has 1 aromatic carbocycles. The highest BCUT2D eigenvalue weighted by molar-refractivity contribution is 7.89. The summed E-state index contributed by atoms with van der Waals surface area (Å²) < 4.78 is 26.5. The lowest BCUT2D eigenvalue weighted by Crippen LogP contribution is -2.34. The number of rotatable bonds is 9. The quantitative estimate of drug-likeness (QED) is 0.564. The largest absolute Gasteiger partial charge is 0.356 e. The van der Waals surface area contributed by atoms with Crippen LogP contribution in [-0.4, -0.2) is 57.3 Å². The third-order valence-corrected chi connectivity index (χ3v) is 6.73. The van der Waals surface area contributed by atoms with Crippen molar-refractivity contribution in [1.82, 2.24) is 9.62 Å². The van der Waals surface area contributed by atoms with Crippen LogP contribution in [0.3, 0.4) is 0 Å². The smallest absolute Gasteiger partial charge is 0.243 e. The lowest BCUT2D eigenvalue weighted by atomic mass is 10.1. The van der Waals surface area contributed by atoms with E-state index in [2.05, 4.69) is 5.32 Å². The van der Waals surface area contributed by atoms with E-state index in [-0.39, 0.29) is 42.1 Å². The summed E-state index contributed by atoms with van der Waals surface area (Å²) in [6.07, 6.45) is 0.840. The fourth-order valence-electron chi connectivity index (χ4n) is 3.10. The molecule has 1 saturated heterocycles. The molecule has 0 radical (unpaired) electrons. The number of carbonyl (C=O) groups excluding carboxylic acids is 2. The third kappa shape index (κ3) is 5.44. The number of amides is 2. The minimum Gasteiger partial charge on any atom is -0.356 e. The second-order valence-corrected chi connectivity index (χ2v) is 8.36. The fourth-order valence-corrected chi connectivity index (χ4v) is 4.56. The second kappa shape index (κ2) is 10.8. The summed E-state index contributed by atoms with van der Waals surface area (Å²) in [6.45, 7) is 5.65. The number of nitrogens with two attached hydrogens (primary N) is 1. The molecule has 1 fully saturated rings. The van der Waals surface area contributed by atoms with Crippen LogP contribution in [0.25, 0.3) is 0 Å². The first-order valence-electron chi connectivity index (χ1n) is 9.23. The number of hydrogen-bond donors (Lipinski definition) is 2. The van der Waals surface area contributed by atoms with E-state index in [4.69, 9.17) is 5.73 Å². The predicted molar refractivity (Wildman–Crippen MR) is 111 cm³/mol. The number of halogens is 1. The van der Waals surface area contributed by atoms with Gasteiger partial charge in [-0.2, -0.15) is 4.31 Å². The van der Waals surface area contributed by atoms with Gasteiger partial charge < -0.3 is 16.0 Å². The summed E-state index contributed by atoms with van der Waals surface area (Å²) in [5.41, 5.74) is 6.00. The van der Waals surface area contributed by atoms with Gasteiger partial charge in [-0.05, 0) is 37.2 Å². The Labute approximate surface area is 172 Å². The molecular weight excluding hydrogens is 404 g/mol. The molecule has 0 aliphatic carbocycles. The van der Waals surface area contributed by atoms with Crippen LogP contribution >= 0.6 is 12.4 Å². The van der Waals surface area contributed by atoms with E-state index >= 15 is 0 Å². The van der Waals surface area contributed by atoms with Crippen molar-refractivity contribution in [2.24, 2.45) is 11.7 Å². The predicted octanol–water partition coefficient (Wildman–Crippen LogP) is 0.957. The highest BCUT2D eigenvalue weighted by Crippen LogP contribution is 2.27. The molecule has 1 unspecified atom stereocenters. The van der Waals surface area contributed by atoms with Crippen LogP contribution in [0.4, 0.5) is 5.69 Å². The number of sulfonamides is 1. The first-order valence-corrected chi connectivity index (χ1v) is 10.7. The molecule has 1 aliphatic rings. The van der Waals surface area contributed by atoms with Crippen molar-refractivity contribution in [3.8, 4) is 0 Å². The van der Waals surface area contributed by atoms with Gasteiger partial charge in [-0.3, -0.25) is 9.59 Å². The zero-order chi connectivity index (χ0) is 20.0. The Bertz CT molecular complexity index is 766. The molecule has 1 heterocycles. The van der Waals surface area contributed by atoms with Crippen LogP contribution in [0.15, 0.2) is 29.2 Å². The summed E-state index contributed by atoms with van der Waals surface area (Å²) in [5.74, 6) is -0.706. The van der Waals surface area contributed by atoms with E-state index < -0.39 is 15.9 Å². The summed E-state index contributed by atoms with van der Waals surface area (Å²) in [5, 5.41) is 2.79. The average Bonchev–Trinajstić information content (AvgIpc) is 3.04. The van der Waals surface area contributed by atoms with Crippen LogP contribution < -0.4 is 16.0 Å². The molecule has 158 valence electrons. The van der Waals surface area contributed by atoms with E-state index in [1.807, 2.05) is 0 Å². The van der Waals surface area contributed by atoms with Crippen molar-refractivity contribution in [3.05, 3.63) is 24.3 Å². The summed E-state index contributed by atoms with van der Waals surface area (Å²) in [6, 6.07) is 6.24. The lowest BCUT2D eigenvalue weighted by molar-refractivity contribution is -0.126. The van der Waals surface area contributed by atoms with Gasteiger partial charge in [-0.25, -0.2) is 8.42 Å². The van der Waals surface area contributed by atoms with Gasteiger partial charge in [0.25, 0.3) is 0 Å². The van der Waals surface area contributed by atoms with Crippen LogP contribution in [-0.2, 0) is 19.6 Å². The molecule has 1 aromatic rings. The van der Waals surface area contributed by atoms with Gasteiger partial charge in [0.2, 0.25) is 21.8 Å². The highest BCUT2D eigenvalue weighted by Gasteiger charge is 2.35.